The number of halogens is 3. The largest absolute Gasteiger partial charge is 0.313 e. The molecule has 0 bridgehead atoms. The third-order valence-electron chi connectivity index (χ3n) is 2.97. The van der Waals surface area contributed by atoms with Gasteiger partial charge in [-0.15, -0.1) is 22.6 Å². The van der Waals surface area contributed by atoms with Gasteiger partial charge in [-0.1, -0.05) is 23.9 Å². The molecule has 1 heterocycles. The Morgan fingerprint density at radius 2 is 1.95 bits per heavy atom. The molecule has 0 atom stereocenters. The number of nitrogens with zero attached hydrogens (tertiary/aromatic N) is 3. The second-order valence-electron chi connectivity index (χ2n) is 4.45. The summed E-state index contributed by atoms with van der Waals surface area (Å²) in [4.78, 5) is 0. The number of nitrogens with one attached hydrogen (secondary N) is 1. The summed E-state index contributed by atoms with van der Waals surface area (Å²) in [5.74, 6) is -0.452. The number of hydrogen-bond donors (Lipinski definition) is 1. The van der Waals surface area contributed by atoms with E-state index >= 15 is 0 Å². The van der Waals surface area contributed by atoms with Crippen LogP contribution in [0.2, 0.25) is 0 Å². The number of aromatic nitrogens is 3. The van der Waals surface area contributed by atoms with Crippen LogP contribution in [0.15, 0.2) is 17.3 Å². The van der Waals surface area contributed by atoms with Gasteiger partial charge in [0.25, 0.3) is 0 Å². The Morgan fingerprint density at radius 3 is 2.62 bits per heavy atom. The van der Waals surface area contributed by atoms with Gasteiger partial charge in [-0.25, -0.2) is 8.78 Å². The average molecular weight is 335 g/mol. The van der Waals surface area contributed by atoms with E-state index in [0.717, 1.165) is 5.82 Å². The van der Waals surface area contributed by atoms with Crippen molar-refractivity contribution in [3.8, 4) is 0 Å². The molecule has 0 amide bonds. The van der Waals surface area contributed by atoms with Crippen LogP contribution in [0.4, 0.5) is 8.78 Å². The van der Waals surface area contributed by atoms with E-state index in [0.29, 0.717) is 28.6 Å². The van der Waals surface area contributed by atoms with Crippen molar-refractivity contribution < 1.29 is 8.78 Å². The summed E-state index contributed by atoms with van der Waals surface area (Å²) in [6.45, 7) is 2.15. The molecule has 0 aliphatic carbocycles. The minimum atomic E-state index is -0.782. The van der Waals surface area contributed by atoms with E-state index in [4.69, 9.17) is 0 Å². The zero-order chi connectivity index (χ0) is 14.7. The normalized spacial score (nSPS) is 10.5. The van der Waals surface area contributed by atoms with E-state index in [9.17, 15) is 8.78 Å². The lowest BCUT2D eigenvalue weighted by atomic mass is 10.1. The van der Waals surface area contributed by atoms with Crippen molar-refractivity contribution in [2.45, 2.75) is 24.4 Å². The van der Waals surface area contributed by atoms with Crippen LogP contribution in [0.1, 0.15) is 17.0 Å². The van der Waals surface area contributed by atoms with Crippen molar-refractivity contribution in [3.05, 3.63) is 40.7 Å². The first kappa shape index (κ1) is 17.9. The summed E-state index contributed by atoms with van der Waals surface area (Å²) in [5, 5.41) is 11.7. The molecule has 4 nitrogen and oxygen atoms in total. The molecule has 1 aromatic carbocycles. The van der Waals surface area contributed by atoms with Gasteiger partial charge in [0.05, 0.1) is 6.54 Å². The Labute approximate surface area is 132 Å². The smallest absolute Gasteiger partial charge is 0.191 e. The van der Waals surface area contributed by atoms with E-state index in [1.807, 2.05) is 18.7 Å². The summed E-state index contributed by atoms with van der Waals surface area (Å²) >= 11 is 1.33. The van der Waals surface area contributed by atoms with Gasteiger partial charge in [-0.2, -0.15) is 0 Å². The van der Waals surface area contributed by atoms with Gasteiger partial charge in [0, 0.05) is 18.4 Å². The highest BCUT2D eigenvalue weighted by atomic mass is 35.5. The van der Waals surface area contributed by atoms with Crippen LogP contribution < -0.4 is 5.32 Å². The predicted molar refractivity (Wildman–Crippen MR) is 81.7 cm³/mol. The topological polar surface area (TPSA) is 42.7 Å². The third kappa shape index (κ3) is 3.93. The molecule has 0 fully saturated rings. The van der Waals surface area contributed by atoms with Gasteiger partial charge in [0.15, 0.2) is 16.8 Å². The standard InChI is InChI=1S/C13H16F2N4S.ClH/c1-8-4-5-9(12(15)11(8)14)7-20-13-18-17-10(6-16-2)19(13)3;/h4-5,16H,6-7H2,1-3H3;1H. The van der Waals surface area contributed by atoms with Crippen molar-refractivity contribution >= 4 is 24.2 Å². The molecule has 0 spiro atoms. The van der Waals surface area contributed by atoms with Crippen LogP contribution >= 0.6 is 24.2 Å². The van der Waals surface area contributed by atoms with Crippen LogP contribution in [0, 0.1) is 18.6 Å². The fraction of sp³-hybridized carbons (Fsp3) is 0.385. The molecule has 0 radical (unpaired) electrons. The summed E-state index contributed by atoms with van der Waals surface area (Å²) in [7, 11) is 3.67. The molecule has 0 unspecified atom stereocenters. The lowest BCUT2D eigenvalue weighted by Gasteiger charge is -2.06. The number of aryl methyl sites for hydroxylation is 1. The SMILES string of the molecule is CNCc1nnc(SCc2ccc(C)c(F)c2F)n1C.Cl. The van der Waals surface area contributed by atoms with Gasteiger partial charge in [0.2, 0.25) is 0 Å². The van der Waals surface area contributed by atoms with Gasteiger partial charge in [-0.05, 0) is 19.5 Å². The summed E-state index contributed by atoms with van der Waals surface area (Å²) in [6.07, 6.45) is 0. The predicted octanol–water partition coefficient (Wildman–Crippen LogP) is 2.84. The molecule has 2 aromatic rings. The van der Waals surface area contributed by atoms with Gasteiger partial charge < -0.3 is 9.88 Å². The van der Waals surface area contributed by atoms with Crippen molar-refractivity contribution in [1.29, 1.82) is 0 Å². The minimum Gasteiger partial charge on any atom is -0.313 e. The zero-order valence-electron chi connectivity index (χ0n) is 12.0. The Morgan fingerprint density at radius 1 is 1.24 bits per heavy atom. The second-order valence-corrected chi connectivity index (χ2v) is 5.39. The van der Waals surface area contributed by atoms with Crippen LogP contribution in [-0.4, -0.2) is 21.8 Å². The maximum Gasteiger partial charge on any atom is 0.191 e. The molecule has 1 N–H and O–H groups in total. The van der Waals surface area contributed by atoms with Crippen LogP contribution in [0.3, 0.4) is 0 Å². The molecule has 116 valence electrons. The van der Waals surface area contributed by atoms with Gasteiger partial charge in [0.1, 0.15) is 5.82 Å². The summed E-state index contributed by atoms with van der Waals surface area (Å²) in [5.41, 5.74) is 0.641. The number of hydrogen-bond acceptors (Lipinski definition) is 4. The molecule has 21 heavy (non-hydrogen) atoms. The zero-order valence-corrected chi connectivity index (χ0v) is 13.6. The average Bonchev–Trinajstić information content (AvgIpc) is 2.77. The maximum absolute atomic E-state index is 13.8. The summed E-state index contributed by atoms with van der Waals surface area (Å²) < 4.78 is 29.1. The molecule has 0 aliphatic heterocycles. The fourth-order valence-corrected chi connectivity index (χ4v) is 2.63. The molecule has 1 aromatic heterocycles. The first-order chi connectivity index (χ1) is 9.54. The van der Waals surface area contributed by atoms with Crippen LogP contribution in [0.25, 0.3) is 0 Å². The molecular formula is C13H17ClF2N4S. The molecule has 0 aliphatic rings. The molecular weight excluding hydrogens is 318 g/mol. The van der Waals surface area contributed by atoms with Gasteiger partial charge >= 0.3 is 0 Å². The van der Waals surface area contributed by atoms with E-state index in [-0.39, 0.29) is 12.4 Å². The highest BCUT2D eigenvalue weighted by molar-refractivity contribution is 7.98. The lowest BCUT2D eigenvalue weighted by Crippen LogP contribution is -2.10. The molecule has 2 rings (SSSR count). The van der Waals surface area contributed by atoms with Gasteiger partial charge in [-0.3, -0.25) is 0 Å². The molecule has 8 heteroatoms. The van der Waals surface area contributed by atoms with E-state index in [2.05, 4.69) is 15.5 Å². The Kier molecular flexibility index (Phi) is 6.57. The molecule has 0 saturated carbocycles. The Hall–Kier alpha value is -1.18. The fourth-order valence-electron chi connectivity index (χ4n) is 1.72. The first-order valence-electron chi connectivity index (χ1n) is 6.13. The van der Waals surface area contributed by atoms with Crippen molar-refractivity contribution in [3.63, 3.8) is 0 Å². The maximum atomic E-state index is 13.8. The lowest BCUT2D eigenvalue weighted by molar-refractivity contribution is 0.497. The van der Waals surface area contributed by atoms with Crippen LogP contribution in [-0.2, 0) is 19.3 Å². The van der Waals surface area contributed by atoms with E-state index in [1.165, 1.54) is 11.8 Å². The second kappa shape index (κ2) is 7.72. The highest BCUT2D eigenvalue weighted by Gasteiger charge is 2.13. The Balaban J connectivity index is 0.00000220. The van der Waals surface area contributed by atoms with Crippen molar-refractivity contribution in [1.82, 2.24) is 20.1 Å². The summed E-state index contributed by atoms with van der Waals surface area (Å²) in [6, 6.07) is 3.18. The number of rotatable bonds is 5. The first-order valence-corrected chi connectivity index (χ1v) is 7.12. The molecule has 0 saturated heterocycles. The number of thioether (sulfide) groups is 1. The highest BCUT2D eigenvalue weighted by Crippen LogP contribution is 2.24. The third-order valence-corrected chi connectivity index (χ3v) is 4.04. The quantitative estimate of drug-likeness (QED) is 0.854. The Bertz CT molecular complexity index is 618. The van der Waals surface area contributed by atoms with E-state index in [1.54, 1.807) is 19.1 Å². The van der Waals surface area contributed by atoms with E-state index < -0.39 is 11.6 Å². The minimum absolute atomic E-state index is 0. The van der Waals surface area contributed by atoms with Crippen molar-refractivity contribution in [2.75, 3.05) is 7.05 Å². The van der Waals surface area contributed by atoms with Crippen molar-refractivity contribution in [2.24, 2.45) is 7.05 Å². The monoisotopic (exact) mass is 334 g/mol. The number of benzene rings is 1. The van der Waals surface area contributed by atoms with Crippen LogP contribution in [0.5, 0.6) is 0 Å².